The third-order valence-corrected chi connectivity index (χ3v) is 7.46. The fourth-order valence-corrected chi connectivity index (χ4v) is 5.63. The van der Waals surface area contributed by atoms with Gasteiger partial charge in [0.1, 0.15) is 0 Å². The van der Waals surface area contributed by atoms with Crippen molar-refractivity contribution < 1.29 is 0 Å². The molecular formula is C24H38S. The van der Waals surface area contributed by atoms with Gasteiger partial charge in [-0.2, -0.15) is 0 Å². The van der Waals surface area contributed by atoms with Crippen LogP contribution in [0.25, 0.3) is 0 Å². The van der Waals surface area contributed by atoms with Gasteiger partial charge < -0.3 is 0 Å². The molecule has 3 rings (SSSR count). The Bertz CT molecular complexity index is 475. The molecule has 0 spiro atoms. The van der Waals surface area contributed by atoms with Crippen LogP contribution in [0.15, 0.2) is 29.2 Å². The minimum Gasteiger partial charge on any atom is -0.143 e. The van der Waals surface area contributed by atoms with Crippen molar-refractivity contribution in [3.63, 3.8) is 0 Å². The Morgan fingerprint density at radius 3 is 1.96 bits per heavy atom. The van der Waals surface area contributed by atoms with Crippen molar-refractivity contribution in [2.24, 2.45) is 17.8 Å². The molecule has 2 aliphatic carbocycles. The number of benzene rings is 1. The summed E-state index contributed by atoms with van der Waals surface area (Å²) in [5.74, 6) is 3.94. The van der Waals surface area contributed by atoms with Crippen LogP contribution in [0.5, 0.6) is 0 Å². The van der Waals surface area contributed by atoms with Crippen LogP contribution < -0.4 is 0 Å². The summed E-state index contributed by atoms with van der Waals surface area (Å²) in [5.41, 5.74) is 1.55. The van der Waals surface area contributed by atoms with Gasteiger partial charge in [0.25, 0.3) is 0 Å². The summed E-state index contributed by atoms with van der Waals surface area (Å²) in [6.45, 7) is 2.31. The van der Waals surface area contributed by atoms with E-state index in [-0.39, 0.29) is 0 Å². The first-order valence-electron chi connectivity index (χ1n) is 11.0. The highest BCUT2D eigenvalue weighted by Crippen LogP contribution is 2.44. The summed E-state index contributed by atoms with van der Waals surface area (Å²) in [6, 6.07) is 8.92. The van der Waals surface area contributed by atoms with Crippen LogP contribution in [-0.2, 0) is 0 Å². The SMILES string of the molecule is CCCCCCC1CCC(C2CCC(c3ccc(S)cc3)CC2)CC1. The summed E-state index contributed by atoms with van der Waals surface area (Å²) in [5, 5.41) is 0. The van der Waals surface area contributed by atoms with E-state index in [0.29, 0.717) is 0 Å². The second-order valence-electron chi connectivity index (χ2n) is 8.83. The van der Waals surface area contributed by atoms with Gasteiger partial charge in [-0.15, -0.1) is 12.6 Å². The highest BCUT2D eigenvalue weighted by atomic mass is 32.1. The maximum Gasteiger partial charge on any atom is 0.00401 e. The van der Waals surface area contributed by atoms with Gasteiger partial charge >= 0.3 is 0 Å². The highest BCUT2D eigenvalue weighted by molar-refractivity contribution is 7.80. The molecule has 0 unspecified atom stereocenters. The summed E-state index contributed by atoms with van der Waals surface area (Å²) in [6.07, 6.45) is 19.2. The topological polar surface area (TPSA) is 0 Å². The Labute approximate surface area is 161 Å². The van der Waals surface area contributed by atoms with E-state index >= 15 is 0 Å². The van der Waals surface area contributed by atoms with Gasteiger partial charge in [0.2, 0.25) is 0 Å². The smallest absolute Gasteiger partial charge is 0.00401 e. The van der Waals surface area contributed by atoms with Gasteiger partial charge in [-0.1, -0.05) is 64.0 Å². The van der Waals surface area contributed by atoms with Gasteiger partial charge in [0.15, 0.2) is 0 Å². The second-order valence-corrected chi connectivity index (χ2v) is 9.35. The molecule has 0 nitrogen and oxygen atoms in total. The van der Waals surface area contributed by atoms with E-state index < -0.39 is 0 Å². The van der Waals surface area contributed by atoms with Crippen molar-refractivity contribution in [1.29, 1.82) is 0 Å². The minimum atomic E-state index is 0.806. The lowest BCUT2D eigenvalue weighted by Gasteiger charge is -2.38. The summed E-state index contributed by atoms with van der Waals surface area (Å²) < 4.78 is 0. The zero-order chi connectivity index (χ0) is 17.5. The number of hydrogen-bond acceptors (Lipinski definition) is 1. The monoisotopic (exact) mass is 358 g/mol. The average molecular weight is 359 g/mol. The highest BCUT2D eigenvalue weighted by Gasteiger charge is 2.31. The Kier molecular flexibility index (Phi) is 7.77. The first-order chi connectivity index (χ1) is 12.3. The predicted molar refractivity (Wildman–Crippen MR) is 113 cm³/mol. The molecule has 0 aromatic heterocycles. The first kappa shape index (κ1) is 19.3. The van der Waals surface area contributed by atoms with E-state index in [1.807, 2.05) is 0 Å². The summed E-state index contributed by atoms with van der Waals surface area (Å²) in [7, 11) is 0. The van der Waals surface area contributed by atoms with Crippen LogP contribution in [0.3, 0.4) is 0 Å². The van der Waals surface area contributed by atoms with Crippen molar-refractivity contribution in [3.05, 3.63) is 29.8 Å². The Hall–Kier alpha value is -0.430. The lowest BCUT2D eigenvalue weighted by molar-refractivity contribution is 0.155. The number of thiol groups is 1. The van der Waals surface area contributed by atoms with E-state index in [0.717, 1.165) is 28.6 Å². The molecule has 2 saturated carbocycles. The van der Waals surface area contributed by atoms with Crippen molar-refractivity contribution in [2.45, 2.75) is 101 Å². The van der Waals surface area contributed by atoms with E-state index in [1.165, 1.54) is 83.5 Å². The molecular weight excluding hydrogens is 320 g/mol. The minimum absolute atomic E-state index is 0.806. The lowest BCUT2D eigenvalue weighted by atomic mass is 9.68. The summed E-state index contributed by atoms with van der Waals surface area (Å²) >= 11 is 4.42. The average Bonchev–Trinajstić information content (AvgIpc) is 2.67. The van der Waals surface area contributed by atoms with Crippen molar-refractivity contribution in [2.75, 3.05) is 0 Å². The van der Waals surface area contributed by atoms with Crippen molar-refractivity contribution >= 4 is 12.6 Å². The predicted octanol–water partition coefficient (Wildman–Crippen LogP) is 8.03. The third-order valence-electron chi connectivity index (χ3n) is 7.16. The molecule has 140 valence electrons. The molecule has 0 amide bonds. The molecule has 0 radical (unpaired) electrons. The quantitative estimate of drug-likeness (QED) is 0.370. The molecule has 0 aliphatic heterocycles. The van der Waals surface area contributed by atoms with Gasteiger partial charge in [-0.3, -0.25) is 0 Å². The molecule has 0 N–H and O–H groups in total. The fraction of sp³-hybridized carbons (Fsp3) is 0.750. The Morgan fingerprint density at radius 1 is 0.760 bits per heavy atom. The van der Waals surface area contributed by atoms with Crippen LogP contribution >= 0.6 is 12.6 Å². The summed E-state index contributed by atoms with van der Waals surface area (Å²) in [4.78, 5) is 1.09. The molecule has 1 aromatic carbocycles. The molecule has 0 heterocycles. The van der Waals surface area contributed by atoms with Gasteiger partial charge in [0.05, 0.1) is 0 Å². The van der Waals surface area contributed by atoms with Crippen LogP contribution in [0, 0.1) is 17.8 Å². The number of rotatable bonds is 7. The zero-order valence-corrected chi connectivity index (χ0v) is 17.2. The van der Waals surface area contributed by atoms with Crippen LogP contribution in [-0.4, -0.2) is 0 Å². The normalized spacial score (nSPS) is 30.3. The molecule has 0 bridgehead atoms. The zero-order valence-electron chi connectivity index (χ0n) is 16.3. The fourth-order valence-electron chi connectivity index (χ4n) is 5.48. The largest absolute Gasteiger partial charge is 0.143 e. The molecule has 2 aliphatic rings. The van der Waals surface area contributed by atoms with Crippen LogP contribution in [0.4, 0.5) is 0 Å². The molecule has 1 heteroatoms. The molecule has 1 aromatic rings. The maximum atomic E-state index is 4.42. The van der Waals surface area contributed by atoms with E-state index in [2.05, 4.69) is 43.8 Å². The molecule has 25 heavy (non-hydrogen) atoms. The Balaban J connectivity index is 1.37. The molecule has 0 saturated heterocycles. The van der Waals surface area contributed by atoms with Gasteiger partial charge in [-0.25, -0.2) is 0 Å². The molecule has 2 fully saturated rings. The van der Waals surface area contributed by atoms with Crippen LogP contribution in [0.1, 0.15) is 102 Å². The third kappa shape index (κ3) is 5.78. The van der Waals surface area contributed by atoms with E-state index in [9.17, 15) is 0 Å². The van der Waals surface area contributed by atoms with Crippen LogP contribution in [0.2, 0.25) is 0 Å². The number of hydrogen-bond donors (Lipinski definition) is 1. The maximum absolute atomic E-state index is 4.42. The standard InChI is InChI=1S/C24H38S/c1-2-3-4-5-6-19-7-9-20(10-8-19)21-11-13-22(14-12-21)23-15-17-24(25)18-16-23/h15-22,25H,2-14H2,1H3. The number of unbranched alkanes of at least 4 members (excludes halogenated alkanes) is 3. The molecule has 0 atom stereocenters. The van der Waals surface area contributed by atoms with Crippen molar-refractivity contribution in [1.82, 2.24) is 0 Å². The van der Waals surface area contributed by atoms with Gasteiger partial charge in [-0.05, 0) is 79.9 Å². The van der Waals surface area contributed by atoms with Crippen molar-refractivity contribution in [3.8, 4) is 0 Å². The lowest BCUT2D eigenvalue weighted by Crippen LogP contribution is -2.25. The van der Waals surface area contributed by atoms with E-state index in [4.69, 9.17) is 0 Å². The second kappa shape index (κ2) is 10.0. The van der Waals surface area contributed by atoms with Gasteiger partial charge in [0, 0.05) is 4.90 Å². The van der Waals surface area contributed by atoms with E-state index in [1.54, 1.807) is 5.56 Å². The first-order valence-corrected chi connectivity index (χ1v) is 11.5. The Morgan fingerprint density at radius 2 is 1.36 bits per heavy atom.